The van der Waals surface area contributed by atoms with Crippen molar-refractivity contribution in [1.29, 1.82) is 0 Å². The second-order valence-corrected chi connectivity index (χ2v) is 7.83. The van der Waals surface area contributed by atoms with Crippen molar-refractivity contribution in [3.05, 3.63) is 59.9 Å². The number of nitrogens with one attached hydrogen (secondary N) is 2. The van der Waals surface area contributed by atoms with E-state index in [0.717, 1.165) is 28.2 Å². The maximum Gasteiger partial charge on any atom is 0.191 e. The van der Waals surface area contributed by atoms with E-state index in [1.54, 1.807) is 6.20 Å². The molecule has 152 valence electrons. The zero-order valence-corrected chi connectivity index (χ0v) is 19.6. The van der Waals surface area contributed by atoms with E-state index in [2.05, 4.69) is 39.0 Å². The molecule has 0 aliphatic heterocycles. The fraction of sp³-hybridized carbons (Fsp3) is 0.429. The highest BCUT2D eigenvalue weighted by atomic mass is 127. The second kappa shape index (κ2) is 12.2. The van der Waals surface area contributed by atoms with Crippen LogP contribution in [-0.4, -0.2) is 35.5 Å². The molecule has 3 rings (SSSR count). The normalized spacial score (nSPS) is 19.0. The van der Waals surface area contributed by atoms with Crippen molar-refractivity contribution in [2.75, 3.05) is 13.3 Å². The number of aliphatic imine (C=N–C) groups is 1. The lowest BCUT2D eigenvalue weighted by Crippen LogP contribution is -2.42. The molecule has 1 aromatic carbocycles. The van der Waals surface area contributed by atoms with Gasteiger partial charge in [-0.15, -0.1) is 24.0 Å². The van der Waals surface area contributed by atoms with Gasteiger partial charge in [0.05, 0.1) is 5.69 Å². The van der Waals surface area contributed by atoms with Crippen LogP contribution < -0.4 is 15.4 Å². The molecule has 1 saturated carbocycles. The molecular formula is C21H29IN4OS. The van der Waals surface area contributed by atoms with Gasteiger partial charge in [0.2, 0.25) is 0 Å². The van der Waals surface area contributed by atoms with E-state index in [1.165, 1.54) is 19.3 Å². The summed E-state index contributed by atoms with van der Waals surface area (Å²) in [5.74, 6) is 1.71. The molecule has 1 fully saturated rings. The molecule has 2 N–H and O–H groups in total. The number of thioether (sulfide) groups is 1. The average Bonchev–Trinajstić information content (AvgIpc) is 3.18. The van der Waals surface area contributed by atoms with Crippen molar-refractivity contribution in [3.63, 3.8) is 0 Å². The predicted octanol–water partition coefficient (Wildman–Crippen LogP) is 4.23. The lowest BCUT2D eigenvalue weighted by atomic mass is 10.2. The third-order valence-electron chi connectivity index (χ3n) is 4.75. The summed E-state index contributed by atoms with van der Waals surface area (Å²) < 4.78 is 5.86. The van der Waals surface area contributed by atoms with E-state index in [-0.39, 0.29) is 24.0 Å². The van der Waals surface area contributed by atoms with E-state index in [4.69, 9.17) is 4.74 Å². The number of hydrogen-bond donors (Lipinski definition) is 2. The molecule has 28 heavy (non-hydrogen) atoms. The topological polar surface area (TPSA) is 58.5 Å². The van der Waals surface area contributed by atoms with Crippen LogP contribution in [0.2, 0.25) is 0 Å². The largest absolute Gasteiger partial charge is 0.487 e. The SMILES string of the molecule is CN=C(NCc1cccc(OCc2ccccn2)c1)NC1CCC(SC)C1.I. The van der Waals surface area contributed by atoms with E-state index in [9.17, 15) is 0 Å². The molecule has 1 aliphatic rings. The average molecular weight is 512 g/mol. The summed E-state index contributed by atoms with van der Waals surface area (Å²) in [5.41, 5.74) is 2.08. The van der Waals surface area contributed by atoms with Crippen LogP contribution >= 0.6 is 35.7 Å². The van der Waals surface area contributed by atoms with Gasteiger partial charge < -0.3 is 15.4 Å². The van der Waals surface area contributed by atoms with Gasteiger partial charge in [0.1, 0.15) is 12.4 Å². The highest BCUT2D eigenvalue weighted by molar-refractivity contribution is 14.0. The summed E-state index contributed by atoms with van der Waals surface area (Å²) >= 11 is 1.97. The fourth-order valence-corrected chi connectivity index (χ4v) is 4.04. The van der Waals surface area contributed by atoms with Crippen molar-refractivity contribution in [3.8, 4) is 5.75 Å². The van der Waals surface area contributed by atoms with Crippen LogP contribution in [0.1, 0.15) is 30.5 Å². The first-order valence-electron chi connectivity index (χ1n) is 9.38. The number of rotatable bonds is 7. The number of aromatic nitrogens is 1. The van der Waals surface area contributed by atoms with Gasteiger partial charge in [-0.1, -0.05) is 18.2 Å². The number of pyridine rings is 1. The molecule has 0 bridgehead atoms. The molecule has 0 spiro atoms. The van der Waals surface area contributed by atoms with Gasteiger partial charge in [0.25, 0.3) is 0 Å². The van der Waals surface area contributed by atoms with Crippen molar-refractivity contribution in [1.82, 2.24) is 15.6 Å². The van der Waals surface area contributed by atoms with Crippen molar-refractivity contribution in [2.24, 2.45) is 4.99 Å². The van der Waals surface area contributed by atoms with Gasteiger partial charge in [0, 0.05) is 31.1 Å². The van der Waals surface area contributed by atoms with Gasteiger partial charge in [-0.2, -0.15) is 11.8 Å². The first-order valence-corrected chi connectivity index (χ1v) is 10.7. The number of hydrogen-bond acceptors (Lipinski definition) is 4. The van der Waals surface area contributed by atoms with Crippen LogP contribution in [0.4, 0.5) is 0 Å². The van der Waals surface area contributed by atoms with Crippen molar-refractivity contribution >= 4 is 41.7 Å². The molecule has 5 nitrogen and oxygen atoms in total. The van der Waals surface area contributed by atoms with Gasteiger partial charge in [-0.25, -0.2) is 0 Å². The monoisotopic (exact) mass is 512 g/mol. The Morgan fingerprint density at radius 2 is 2.14 bits per heavy atom. The molecule has 2 aromatic rings. The Labute approximate surface area is 189 Å². The lowest BCUT2D eigenvalue weighted by Gasteiger charge is -2.17. The van der Waals surface area contributed by atoms with Crippen molar-refractivity contribution in [2.45, 2.75) is 43.7 Å². The number of guanidine groups is 1. The zero-order valence-electron chi connectivity index (χ0n) is 16.4. The third kappa shape index (κ3) is 7.16. The van der Waals surface area contributed by atoms with Crippen molar-refractivity contribution < 1.29 is 4.74 Å². The highest BCUT2D eigenvalue weighted by Crippen LogP contribution is 2.28. The Balaban J connectivity index is 0.00000280. The highest BCUT2D eigenvalue weighted by Gasteiger charge is 2.24. The molecule has 0 radical (unpaired) electrons. The quantitative estimate of drug-likeness (QED) is 0.331. The summed E-state index contributed by atoms with van der Waals surface area (Å²) in [7, 11) is 1.82. The van der Waals surface area contributed by atoms with Crippen LogP contribution in [0.3, 0.4) is 0 Å². The fourth-order valence-electron chi connectivity index (χ4n) is 3.25. The molecule has 1 aromatic heterocycles. The number of benzene rings is 1. The van der Waals surface area contributed by atoms with Crippen LogP contribution in [0.25, 0.3) is 0 Å². The minimum Gasteiger partial charge on any atom is -0.487 e. The molecule has 0 amide bonds. The van der Waals surface area contributed by atoms with Gasteiger partial charge >= 0.3 is 0 Å². The zero-order chi connectivity index (χ0) is 18.9. The van der Waals surface area contributed by atoms with Crippen LogP contribution in [0.5, 0.6) is 5.75 Å². The first-order chi connectivity index (χ1) is 13.3. The minimum absolute atomic E-state index is 0. The summed E-state index contributed by atoms with van der Waals surface area (Å²) in [6.45, 7) is 1.18. The Morgan fingerprint density at radius 3 is 2.86 bits per heavy atom. The smallest absolute Gasteiger partial charge is 0.191 e. The molecule has 0 saturated heterocycles. The van der Waals surface area contributed by atoms with Gasteiger partial charge in [-0.3, -0.25) is 9.98 Å². The number of halogens is 1. The van der Waals surface area contributed by atoms with E-state index in [0.29, 0.717) is 19.2 Å². The second-order valence-electron chi connectivity index (χ2n) is 6.69. The molecule has 2 atom stereocenters. The molecular weight excluding hydrogens is 483 g/mol. The maximum absolute atomic E-state index is 5.86. The van der Waals surface area contributed by atoms with Gasteiger partial charge in [0.15, 0.2) is 5.96 Å². The minimum atomic E-state index is 0. The Kier molecular flexibility index (Phi) is 9.91. The molecule has 1 heterocycles. The van der Waals surface area contributed by atoms with Gasteiger partial charge in [-0.05, 0) is 55.3 Å². The van der Waals surface area contributed by atoms with E-state index < -0.39 is 0 Å². The number of nitrogens with zero attached hydrogens (tertiary/aromatic N) is 2. The Morgan fingerprint density at radius 1 is 1.25 bits per heavy atom. The molecule has 2 unspecified atom stereocenters. The molecule has 7 heteroatoms. The first kappa shape index (κ1) is 22.8. The summed E-state index contributed by atoms with van der Waals surface area (Å²) in [6, 6.07) is 14.5. The third-order valence-corrected chi connectivity index (χ3v) is 5.85. The lowest BCUT2D eigenvalue weighted by molar-refractivity contribution is 0.301. The summed E-state index contributed by atoms with van der Waals surface area (Å²) in [6.07, 6.45) is 7.68. The predicted molar refractivity (Wildman–Crippen MR) is 129 cm³/mol. The number of ether oxygens (including phenoxy) is 1. The summed E-state index contributed by atoms with van der Waals surface area (Å²) in [5, 5.41) is 7.73. The molecule has 1 aliphatic carbocycles. The van der Waals surface area contributed by atoms with E-state index >= 15 is 0 Å². The van der Waals surface area contributed by atoms with E-state index in [1.807, 2.05) is 49.1 Å². The maximum atomic E-state index is 5.86. The van der Waals surface area contributed by atoms with Crippen LogP contribution in [0, 0.1) is 0 Å². The van der Waals surface area contributed by atoms with Crippen LogP contribution in [-0.2, 0) is 13.2 Å². The Hall–Kier alpha value is -1.48. The summed E-state index contributed by atoms with van der Waals surface area (Å²) in [4.78, 5) is 8.65. The van der Waals surface area contributed by atoms with Crippen LogP contribution in [0.15, 0.2) is 53.7 Å². The Bertz CT molecular complexity index is 744. The standard InChI is InChI=1S/C21H28N4OS.HI/c1-22-21(25-17-9-10-20(13-17)27-2)24-14-16-6-5-8-19(12-16)26-15-18-7-3-4-11-23-18;/h3-8,11-12,17,20H,9-10,13-15H2,1-2H3,(H2,22,24,25);1H.